The number of phosphoric acid groups is 1. The van der Waals surface area contributed by atoms with Crippen LogP contribution in [-0.2, 0) is 32.7 Å². The van der Waals surface area contributed by atoms with Crippen molar-refractivity contribution in [1.82, 2.24) is 4.90 Å². The van der Waals surface area contributed by atoms with Crippen LogP contribution in [0.15, 0.2) is 36.5 Å². The highest BCUT2D eigenvalue weighted by molar-refractivity contribution is 7.47. The molecule has 0 bridgehead atoms. The van der Waals surface area contributed by atoms with E-state index in [1.165, 1.54) is 135 Å². The van der Waals surface area contributed by atoms with Crippen LogP contribution in [-0.4, -0.2) is 68.3 Å². The fourth-order valence-electron chi connectivity index (χ4n) is 6.65. The average molecular weight is 854 g/mol. The third-order valence-corrected chi connectivity index (χ3v) is 11.4. The molecule has 2 unspecified atom stereocenters. The molecule has 0 aliphatic carbocycles. The molecule has 2 atom stereocenters. The van der Waals surface area contributed by atoms with E-state index >= 15 is 0 Å². The number of carbonyl (C=O) groups excluding carboxylic acids is 2. The Morgan fingerprint density at radius 1 is 0.525 bits per heavy atom. The summed E-state index contributed by atoms with van der Waals surface area (Å²) in [4.78, 5) is 37.1. The Morgan fingerprint density at radius 2 is 0.915 bits per heavy atom. The predicted octanol–water partition coefficient (Wildman–Crippen LogP) is 14.3. The molecule has 0 radical (unpaired) electrons. The molecular formula is C49H92NO8P. The third-order valence-electron chi connectivity index (χ3n) is 10.4. The lowest BCUT2D eigenvalue weighted by atomic mass is 10.1. The SMILES string of the molecule is CCCCC/C=C\C/C=C\CCCCCCCCCCCC(=O)OCC(COP(=O)(O)OCCN(C)C)OC(=O)CCCCCCCCC/C=C\CCCCCCCC. The van der Waals surface area contributed by atoms with Gasteiger partial charge in [0.1, 0.15) is 6.61 Å². The van der Waals surface area contributed by atoms with Crippen molar-refractivity contribution >= 4 is 19.8 Å². The van der Waals surface area contributed by atoms with Gasteiger partial charge in [-0.2, -0.15) is 0 Å². The Balaban J connectivity index is 4.22. The Hall–Kier alpha value is -1.77. The molecular weight excluding hydrogens is 762 g/mol. The van der Waals surface area contributed by atoms with Crippen LogP contribution in [0, 0.1) is 0 Å². The first-order chi connectivity index (χ1) is 28.7. The minimum Gasteiger partial charge on any atom is -0.462 e. The van der Waals surface area contributed by atoms with Crippen molar-refractivity contribution < 1.29 is 37.6 Å². The zero-order valence-corrected chi connectivity index (χ0v) is 39.6. The number of hydrogen-bond acceptors (Lipinski definition) is 8. The quantitative estimate of drug-likeness (QED) is 0.0277. The first-order valence-electron chi connectivity index (χ1n) is 24.3. The third kappa shape index (κ3) is 45.6. The number of nitrogens with zero attached hydrogens (tertiary/aromatic N) is 1. The molecule has 1 N–H and O–H groups in total. The molecule has 0 saturated heterocycles. The summed E-state index contributed by atoms with van der Waals surface area (Å²) in [6.45, 7) is 4.31. The van der Waals surface area contributed by atoms with Crippen LogP contribution >= 0.6 is 7.82 Å². The number of ether oxygens (including phenoxy) is 2. The molecule has 0 aromatic carbocycles. The number of unbranched alkanes of at least 4 members (excludes halogenated alkanes) is 25. The largest absolute Gasteiger partial charge is 0.472 e. The molecule has 0 fully saturated rings. The van der Waals surface area contributed by atoms with Gasteiger partial charge in [0.15, 0.2) is 6.10 Å². The number of esters is 2. The number of rotatable bonds is 45. The van der Waals surface area contributed by atoms with Crippen LogP contribution in [0.3, 0.4) is 0 Å². The molecule has 10 heteroatoms. The Labute approximate surface area is 363 Å². The molecule has 0 amide bonds. The smallest absolute Gasteiger partial charge is 0.462 e. The van der Waals surface area contributed by atoms with E-state index in [9.17, 15) is 19.0 Å². The van der Waals surface area contributed by atoms with Crippen LogP contribution in [0.5, 0.6) is 0 Å². The van der Waals surface area contributed by atoms with E-state index in [0.29, 0.717) is 13.0 Å². The Kier molecular flexibility index (Phi) is 43.0. The first-order valence-corrected chi connectivity index (χ1v) is 25.8. The zero-order valence-electron chi connectivity index (χ0n) is 38.7. The van der Waals surface area contributed by atoms with E-state index in [0.717, 1.165) is 51.4 Å². The minimum atomic E-state index is -4.37. The van der Waals surface area contributed by atoms with E-state index in [1.54, 1.807) is 0 Å². The Bertz CT molecular complexity index is 1080. The van der Waals surface area contributed by atoms with Gasteiger partial charge >= 0.3 is 19.8 Å². The van der Waals surface area contributed by atoms with E-state index in [1.807, 2.05) is 19.0 Å². The van der Waals surface area contributed by atoms with Crippen molar-refractivity contribution in [2.24, 2.45) is 0 Å². The maximum Gasteiger partial charge on any atom is 0.472 e. The summed E-state index contributed by atoms with van der Waals surface area (Å²) < 4.78 is 33.6. The van der Waals surface area contributed by atoms with Crippen LogP contribution in [0.4, 0.5) is 0 Å². The highest BCUT2D eigenvalue weighted by atomic mass is 31.2. The zero-order chi connectivity index (χ0) is 43.3. The van der Waals surface area contributed by atoms with Gasteiger partial charge in [0.25, 0.3) is 0 Å². The van der Waals surface area contributed by atoms with Crippen molar-refractivity contribution in [3.8, 4) is 0 Å². The normalized spacial score (nSPS) is 13.6. The molecule has 9 nitrogen and oxygen atoms in total. The van der Waals surface area contributed by atoms with Crippen molar-refractivity contribution in [3.05, 3.63) is 36.5 Å². The molecule has 0 heterocycles. The van der Waals surface area contributed by atoms with Crippen molar-refractivity contribution in [1.29, 1.82) is 0 Å². The first kappa shape index (κ1) is 57.2. The maximum atomic E-state index is 12.7. The molecule has 0 aliphatic heterocycles. The van der Waals surface area contributed by atoms with Crippen LogP contribution in [0.1, 0.15) is 219 Å². The average Bonchev–Trinajstić information content (AvgIpc) is 3.20. The summed E-state index contributed by atoms with van der Waals surface area (Å²) in [5.74, 6) is -0.807. The standard InChI is InChI=1S/C49H92NO8P/c1-5-7-9-11-13-15-17-19-21-23-24-26-27-29-31-33-35-37-39-41-48(51)55-45-47(46-57-59(53,54)56-44-43-50(3)4)58-49(52)42-40-38-36-34-32-30-28-25-22-20-18-16-14-12-10-8-6-2/h13,15,19-22,47H,5-12,14,16-18,23-46H2,1-4H3,(H,53,54)/b15-13-,21-19-,22-20-. The monoisotopic (exact) mass is 854 g/mol. The van der Waals surface area contributed by atoms with Gasteiger partial charge in [-0.05, 0) is 84.7 Å². The molecule has 0 rings (SSSR count). The van der Waals surface area contributed by atoms with E-state index < -0.39 is 26.5 Å². The van der Waals surface area contributed by atoms with Crippen LogP contribution in [0.25, 0.3) is 0 Å². The minimum absolute atomic E-state index is 0.00610. The summed E-state index contributed by atoms with van der Waals surface area (Å²) >= 11 is 0. The van der Waals surface area contributed by atoms with Gasteiger partial charge in [-0.25, -0.2) is 4.57 Å². The van der Waals surface area contributed by atoms with Crippen molar-refractivity contribution in [2.75, 3.05) is 40.5 Å². The van der Waals surface area contributed by atoms with Gasteiger partial charge < -0.3 is 19.3 Å². The number of likely N-dealkylation sites (N-methyl/N-ethyl adjacent to an activating group) is 1. The second-order valence-corrected chi connectivity index (χ2v) is 18.1. The van der Waals surface area contributed by atoms with Gasteiger partial charge in [0.05, 0.1) is 13.2 Å². The summed E-state index contributed by atoms with van der Waals surface area (Å²) in [6.07, 6.45) is 49.0. The lowest BCUT2D eigenvalue weighted by Gasteiger charge is -2.20. The van der Waals surface area contributed by atoms with Gasteiger partial charge in [-0.3, -0.25) is 18.6 Å². The van der Waals surface area contributed by atoms with Crippen LogP contribution in [0.2, 0.25) is 0 Å². The highest BCUT2D eigenvalue weighted by Gasteiger charge is 2.26. The van der Waals surface area contributed by atoms with E-state index in [2.05, 4.69) is 50.3 Å². The van der Waals surface area contributed by atoms with Gasteiger partial charge in [-0.15, -0.1) is 0 Å². The van der Waals surface area contributed by atoms with Gasteiger partial charge in [0.2, 0.25) is 0 Å². The van der Waals surface area contributed by atoms with E-state index in [-0.39, 0.29) is 32.0 Å². The number of carbonyl (C=O) groups is 2. The van der Waals surface area contributed by atoms with Gasteiger partial charge in [-0.1, -0.05) is 172 Å². The Morgan fingerprint density at radius 3 is 1.39 bits per heavy atom. The fourth-order valence-corrected chi connectivity index (χ4v) is 7.40. The lowest BCUT2D eigenvalue weighted by Crippen LogP contribution is -2.29. The molecule has 0 saturated carbocycles. The molecule has 0 spiro atoms. The summed E-state index contributed by atoms with van der Waals surface area (Å²) in [6, 6.07) is 0. The summed E-state index contributed by atoms with van der Waals surface area (Å²) in [5, 5.41) is 0. The molecule has 0 aromatic rings. The highest BCUT2D eigenvalue weighted by Crippen LogP contribution is 2.43. The summed E-state index contributed by atoms with van der Waals surface area (Å²) in [7, 11) is -0.714. The number of hydrogen-bond donors (Lipinski definition) is 1. The predicted molar refractivity (Wildman–Crippen MR) is 248 cm³/mol. The molecule has 59 heavy (non-hydrogen) atoms. The maximum absolute atomic E-state index is 12.7. The van der Waals surface area contributed by atoms with Crippen LogP contribution < -0.4 is 0 Å². The van der Waals surface area contributed by atoms with Crippen molar-refractivity contribution in [3.63, 3.8) is 0 Å². The lowest BCUT2D eigenvalue weighted by molar-refractivity contribution is -0.161. The summed E-state index contributed by atoms with van der Waals surface area (Å²) in [5.41, 5.74) is 0. The van der Waals surface area contributed by atoms with Gasteiger partial charge in [0, 0.05) is 19.4 Å². The molecule has 0 aliphatic rings. The van der Waals surface area contributed by atoms with Crippen molar-refractivity contribution in [2.45, 2.75) is 225 Å². The molecule has 0 aromatic heterocycles. The fraction of sp³-hybridized carbons (Fsp3) is 0.837. The second-order valence-electron chi connectivity index (χ2n) is 16.6. The number of allylic oxidation sites excluding steroid dienone is 6. The topological polar surface area (TPSA) is 112 Å². The molecule has 346 valence electrons. The number of phosphoric ester groups is 1. The van der Waals surface area contributed by atoms with E-state index in [4.69, 9.17) is 18.5 Å². The second kappa shape index (κ2) is 44.3.